The van der Waals surface area contributed by atoms with E-state index in [4.69, 9.17) is 0 Å². The summed E-state index contributed by atoms with van der Waals surface area (Å²) in [5, 5.41) is 10.0. The number of hydrogen-bond donors (Lipinski definition) is 3. The summed E-state index contributed by atoms with van der Waals surface area (Å²) < 4.78 is 0. The number of hydrogen-bond acceptors (Lipinski definition) is 5. The van der Waals surface area contributed by atoms with Crippen LogP contribution in [0.25, 0.3) is 22.2 Å². The molecule has 3 heterocycles. The lowest BCUT2D eigenvalue weighted by molar-refractivity contribution is 0.102. The van der Waals surface area contributed by atoms with Crippen LogP contribution in [0.1, 0.15) is 10.4 Å². The number of aromatic amines is 1. The molecule has 6 nitrogen and oxygen atoms in total. The van der Waals surface area contributed by atoms with Gasteiger partial charge in [0.1, 0.15) is 0 Å². The Morgan fingerprint density at radius 3 is 2.73 bits per heavy atom. The summed E-state index contributed by atoms with van der Waals surface area (Å²) in [4.78, 5) is 24.4. The minimum atomic E-state index is -0.137. The standard InChI is InChI=1S/C23H17N5OS/c29-22(17-5-8-20-16(12-17)9-11-25-20)26-18-6-3-15(4-7-18)21-14-30-23(28-21)27-19-2-1-10-24-13-19/h1-14,25H,(H,26,29)(H,27,28). The van der Waals surface area contributed by atoms with Gasteiger partial charge in [-0.2, -0.15) is 0 Å². The molecule has 3 N–H and O–H groups in total. The molecule has 0 unspecified atom stereocenters. The summed E-state index contributed by atoms with van der Waals surface area (Å²) in [6.07, 6.45) is 5.35. The zero-order valence-corrected chi connectivity index (χ0v) is 16.6. The number of rotatable bonds is 5. The van der Waals surface area contributed by atoms with E-state index in [1.165, 1.54) is 11.3 Å². The largest absolute Gasteiger partial charge is 0.361 e. The third kappa shape index (κ3) is 3.78. The third-order valence-corrected chi connectivity index (χ3v) is 5.43. The zero-order valence-electron chi connectivity index (χ0n) is 15.8. The molecule has 5 rings (SSSR count). The first-order chi connectivity index (χ1) is 14.7. The first-order valence-corrected chi connectivity index (χ1v) is 10.2. The number of H-pyrrole nitrogens is 1. The molecule has 0 atom stereocenters. The van der Waals surface area contributed by atoms with Crippen LogP contribution in [0.15, 0.2) is 84.6 Å². The van der Waals surface area contributed by atoms with Gasteiger partial charge in [-0.25, -0.2) is 4.98 Å². The van der Waals surface area contributed by atoms with Crippen LogP contribution >= 0.6 is 11.3 Å². The van der Waals surface area contributed by atoms with E-state index >= 15 is 0 Å². The smallest absolute Gasteiger partial charge is 0.255 e. The van der Waals surface area contributed by atoms with Gasteiger partial charge in [-0.15, -0.1) is 11.3 Å². The number of anilines is 3. The van der Waals surface area contributed by atoms with E-state index in [-0.39, 0.29) is 5.91 Å². The lowest BCUT2D eigenvalue weighted by atomic mass is 10.1. The first kappa shape index (κ1) is 18.1. The lowest BCUT2D eigenvalue weighted by Gasteiger charge is -2.06. The lowest BCUT2D eigenvalue weighted by Crippen LogP contribution is -2.11. The van der Waals surface area contributed by atoms with E-state index in [0.29, 0.717) is 5.56 Å². The Kier molecular flexibility index (Phi) is 4.71. The highest BCUT2D eigenvalue weighted by Crippen LogP contribution is 2.28. The average Bonchev–Trinajstić information content (AvgIpc) is 3.44. The summed E-state index contributed by atoms with van der Waals surface area (Å²) in [7, 11) is 0. The van der Waals surface area contributed by atoms with E-state index in [9.17, 15) is 4.79 Å². The highest BCUT2D eigenvalue weighted by Gasteiger charge is 2.09. The molecule has 0 aliphatic rings. The van der Waals surface area contributed by atoms with E-state index in [0.717, 1.165) is 38.7 Å². The quantitative estimate of drug-likeness (QED) is 0.347. The summed E-state index contributed by atoms with van der Waals surface area (Å²) in [6, 6.07) is 19.0. The Morgan fingerprint density at radius 2 is 1.90 bits per heavy atom. The maximum atomic E-state index is 12.6. The van der Waals surface area contributed by atoms with Gasteiger partial charge in [0.2, 0.25) is 0 Å². The van der Waals surface area contributed by atoms with Gasteiger partial charge in [0.05, 0.1) is 17.6 Å². The van der Waals surface area contributed by atoms with Crippen LogP contribution in [0.2, 0.25) is 0 Å². The van der Waals surface area contributed by atoms with Crippen LogP contribution in [0.3, 0.4) is 0 Å². The molecule has 146 valence electrons. The number of fused-ring (bicyclic) bond motifs is 1. The van der Waals surface area contributed by atoms with Crippen molar-refractivity contribution in [3.63, 3.8) is 0 Å². The molecule has 30 heavy (non-hydrogen) atoms. The summed E-state index contributed by atoms with van der Waals surface area (Å²) in [6.45, 7) is 0. The number of nitrogens with one attached hydrogen (secondary N) is 3. The molecular formula is C23H17N5OS. The molecule has 1 amide bonds. The van der Waals surface area contributed by atoms with Crippen LogP contribution in [-0.2, 0) is 0 Å². The van der Waals surface area contributed by atoms with Crippen LogP contribution in [-0.4, -0.2) is 20.9 Å². The number of aromatic nitrogens is 3. The molecule has 0 spiro atoms. The van der Waals surface area contributed by atoms with Crippen molar-refractivity contribution in [3.05, 3.63) is 90.2 Å². The highest BCUT2D eigenvalue weighted by molar-refractivity contribution is 7.14. The van der Waals surface area contributed by atoms with Gasteiger partial charge >= 0.3 is 0 Å². The monoisotopic (exact) mass is 411 g/mol. The second-order valence-corrected chi connectivity index (χ2v) is 7.57. The fraction of sp³-hybridized carbons (Fsp3) is 0. The minimum Gasteiger partial charge on any atom is -0.361 e. The Balaban J connectivity index is 1.28. The van der Waals surface area contributed by atoms with Gasteiger partial charge in [-0.3, -0.25) is 9.78 Å². The maximum Gasteiger partial charge on any atom is 0.255 e. The van der Waals surface area contributed by atoms with Gasteiger partial charge in [-0.1, -0.05) is 12.1 Å². The number of pyridine rings is 1. The van der Waals surface area contributed by atoms with Crippen molar-refractivity contribution in [2.24, 2.45) is 0 Å². The van der Waals surface area contributed by atoms with Crippen molar-refractivity contribution >= 4 is 44.7 Å². The second kappa shape index (κ2) is 7.81. The molecule has 0 bridgehead atoms. The molecule has 0 aliphatic carbocycles. The second-order valence-electron chi connectivity index (χ2n) is 6.72. The summed E-state index contributed by atoms with van der Waals surface area (Å²) in [5.74, 6) is -0.137. The van der Waals surface area contributed by atoms with Gasteiger partial charge in [0, 0.05) is 45.5 Å². The van der Waals surface area contributed by atoms with Crippen molar-refractivity contribution in [1.29, 1.82) is 0 Å². The first-order valence-electron chi connectivity index (χ1n) is 9.36. The van der Waals surface area contributed by atoms with Crippen LogP contribution < -0.4 is 10.6 Å². The minimum absolute atomic E-state index is 0.137. The Morgan fingerprint density at radius 1 is 1.00 bits per heavy atom. The van der Waals surface area contributed by atoms with Crippen molar-refractivity contribution in [1.82, 2.24) is 15.0 Å². The van der Waals surface area contributed by atoms with Gasteiger partial charge in [0.15, 0.2) is 5.13 Å². The molecule has 0 saturated heterocycles. The summed E-state index contributed by atoms with van der Waals surface area (Å²) >= 11 is 1.53. The average molecular weight is 411 g/mol. The predicted molar refractivity (Wildman–Crippen MR) is 121 cm³/mol. The molecule has 7 heteroatoms. The number of carbonyl (C=O) groups is 1. The van der Waals surface area contributed by atoms with E-state index in [2.05, 4.69) is 25.6 Å². The number of thiazole rings is 1. The van der Waals surface area contributed by atoms with Crippen LogP contribution in [0.5, 0.6) is 0 Å². The number of nitrogens with zero attached hydrogens (tertiary/aromatic N) is 2. The van der Waals surface area contributed by atoms with E-state index in [1.54, 1.807) is 12.4 Å². The predicted octanol–water partition coefficient (Wildman–Crippen LogP) is 5.68. The van der Waals surface area contributed by atoms with Gasteiger partial charge < -0.3 is 15.6 Å². The maximum absolute atomic E-state index is 12.6. The van der Waals surface area contributed by atoms with E-state index < -0.39 is 0 Å². The SMILES string of the molecule is O=C(Nc1ccc(-c2csc(Nc3cccnc3)n2)cc1)c1ccc2[nH]ccc2c1. The Bertz CT molecular complexity index is 1310. The highest BCUT2D eigenvalue weighted by atomic mass is 32.1. The molecule has 0 aliphatic heterocycles. The van der Waals surface area contributed by atoms with Crippen molar-refractivity contribution < 1.29 is 4.79 Å². The number of amides is 1. The van der Waals surface area contributed by atoms with Crippen molar-refractivity contribution in [3.8, 4) is 11.3 Å². The van der Waals surface area contributed by atoms with Crippen molar-refractivity contribution in [2.75, 3.05) is 10.6 Å². The third-order valence-electron chi connectivity index (χ3n) is 4.67. The number of benzene rings is 2. The van der Waals surface area contributed by atoms with Gasteiger partial charge in [0.25, 0.3) is 5.91 Å². The number of carbonyl (C=O) groups excluding carboxylic acids is 1. The van der Waals surface area contributed by atoms with Gasteiger partial charge in [-0.05, 0) is 48.5 Å². The molecular weight excluding hydrogens is 394 g/mol. The topological polar surface area (TPSA) is 82.7 Å². The van der Waals surface area contributed by atoms with Crippen molar-refractivity contribution in [2.45, 2.75) is 0 Å². The molecule has 3 aromatic heterocycles. The zero-order chi connectivity index (χ0) is 20.3. The molecule has 0 fully saturated rings. The molecule has 2 aromatic carbocycles. The fourth-order valence-corrected chi connectivity index (χ4v) is 3.89. The summed E-state index contributed by atoms with van der Waals surface area (Å²) in [5.41, 5.74) is 5.13. The Hall–Kier alpha value is -3.97. The Labute approximate surface area is 176 Å². The fourth-order valence-electron chi connectivity index (χ4n) is 3.15. The van der Waals surface area contributed by atoms with Crippen LogP contribution in [0.4, 0.5) is 16.5 Å². The molecule has 0 saturated carbocycles. The van der Waals surface area contributed by atoms with Crippen LogP contribution in [0, 0.1) is 0 Å². The van der Waals surface area contributed by atoms with E-state index in [1.807, 2.05) is 72.2 Å². The normalized spacial score (nSPS) is 10.8. The molecule has 5 aromatic rings. The molecule has 0 radical (unpaired) electrons.